The van der Waals surface area contributed by atoms with E-state index in [1.54, 1.807) is 19.9 Å². The molecule has 0 saturated carbocycles. The summed E-state index contributed by atoms with van der Waals surface area (Å²) in [5.74, 6) is -2.74. The van der Waals surface area contributed by atoms with Gasteiger partial charge in [-0.25, -0.2) is 5.43 Å². The van der Waals surface area contributed by atoms with E-state index in [0.29, 0.717) is 25.8 Å². The first-order chi connectivity index (χ1) is 13.7. The van der Waals surface area contributed by atoms with E-state index in [2.05, 4.69) is 17.3 Å². The van der Waals surface area contributed by atoms with Crippen LogP contribution >= 0.6 is 0 Å². The number of hydrogen-bond donors (Lipinski definition) is 3. The van der Waals surface area contributed by atoms with Gasteiger partial charge in [0.15, 0.2) is 6.10 Å². The molecule has 0 aliphatic carbocycles. The number of allylic oxidation sites excluding steroid dienone is 1. The van der Waals surface area contributed by atoms with Crippen molar-refractivity contribution in [1.82, 2.24) is 15.8 Å². The lowest BCUT2D eigenvalue weighted by atomic mass is 10.1. The molecule has 3 N–H and O–H groups in total. The normalized spacial score (nSPS) is 18.6. The molecule has 9 heteroatoms. The van der Waals surface area contributed by atoms with Gasteiger partial charge in [0.2, 0.25) is 0 Å². The van der Waals surface area contributed by atoms with Crippen LogP contribution in [0.4, 0.5) is 0 Å². The molecular formula is C20H33N3O6. The zero-order valence-electron chi connectivity index (χ0n) is 17.5. The van der Waals surface area contributed by atoms with Crippen molar-refractivity contribution >= 4 is 23.8 Å². The Kier molecular flexibility index (Phi) is 10.4. The molecule has 0 spiro atoms. The average molecular weight is 411 g/mol. The zero-order valence-corrected chi connectivity index (χ0v) is 17.5. The van der Waals surface area contributed by atoms with Crippen LogP contribution in [0.3, 0.4) is 0 Å². The lowest BCUT2D eigenvalue weighted by Gasteiger charge is -2.34. The fraction of sp³-hybridized carbons (Fsp3) is 0.700. The second-order valence-corrected chi connectivity index (χ2v) is 7.57. The molecule has 1 fully saturated rings. The van der Waals surface area contributed by atoms with Crippen LogP contribution in [-0.2, 0) is 23.9 Å². The quantitative estimate of drug-likeness (QED) is 0.266. The first-order valence-corrected chi connectivity index (χ1v) is 10.1. The number of amides is 2. The lowest BCUT2D eigenvalue weighted by Crippen LogP contribution is -2.60. The maximum atomic E-state index is 12.6. The Bertz CT molecular complexity index is 607. The number of rotatable bonds is 11. The highest BCUT2D eigenvalue weighted by atomic mass is 16.5. The van der Waals surface area contributed by atoms with E-state index >= 15 is 0 Å². The largest absolute Gasteiger partial charge is 0.480 e. The molecular weight excluding hydrogens is 378 g/mol. The van der Waals surface area contributed by atoms with Crippen LogP contribution in [0.2, 0.25) is 0 Å². The second-order valence-electron chi connectivity index (χ2n) is 7.57. The molecule has 1 heterocycles. The Morgan fingerprint density at radius 1 is 1.28 bits per heavy atom. The number of carbonyl (C=O) groups excluding carboxylic acids is 3. The third-order valence-electron chi connectivity index (χ3n) is 4.64. The SMILES string of the molecule is C=CCCCCC(=O)O[C@H](C(=O)N[C@@H](C)C(=O)N1CCC[C@@H](C(=O)O)N1)C(C)C. The summed E-state index contributed by atoms with van der Waals surface area (Å²) in [6.45, 7) is 9.01. The molecule has 0 radical (unpaired) electrons. The molecule has 0 aromatic carbocycles. The summed E-state index contributed by atoms with van der Waals surface area (Å²) in [5, 5.41) is 12.9. The van der Waals surface area contributed by atoms with Gasteiger partial charge in [0.1, 0.15) is 12.1 Å². The average Bonchev–Trinajstić information content (AvgIpc) is 2.68. The Labute approximate surface area is 171 Å². The van der Waals surface area contributed by atoms with Crippen molar-refractivity contribution in [3.05, 3.63) is 12.7 Å². The van der Waals surface area contributed by atoms with Gasteiger partial charge >= 0.3 is 11.9 Å². The molecule has 164 valence electrons. The lowest BCUT2D eigenvalue weighted by molar-refractivity contribution is -0.159. The van der Waals surface area contributed by atoms with Gasteiger partial charge in [-0.15, -0.1) is 6.58 Å². The zero-order chi connectivity index (χ0) is 22.0. The predicted octanol–water partition coefficient (Wildman–Crippen LogP) is 1.39. The fourth-order valence-corrected chi connectivity index (χ4v) is 2.97. The monoisotopic (exact) mass is 411 g/mol. The molecule has 1 rings (SSSR count). The maximum Gasteiger partial charge on any atom is 0.322 e. The van der Waals surface area contributed by atoms with Crippen LogP contribution in [0.25, 0.3) is 0 Å². The highest BCUT2D eigenvalue weighted by Crippen LogP contribution is 2.12. The van der Waals surface area contributed by atoms with Crippen molar-refractivity contribution in [2.45, 2.75) is 77.5 Å². The van der Waals surface area contributed by atoms with E-state index in [0.717, 1.165) is 12.8 Å². The molecule has 2 amide bonds. The van der Waals surface area contributed by atoms with Crippen LogP contribution in [0.15, 0.2) is 12.7 Å². The number of ether oxygens (including phenoxy) is 1. The van der Waals surface area contributed by atoms with Gasteiger partial charge in [0, 0.05) is 13.0 Å². The Hall–Kier alpha value is -2.42. The number of carboxylic acids is 1. The summed E-state index contributed by atoms with van der Waals surface area (Å²) >= 11 is 0. The van der Waals surface area contributed by atoms with Crippen molar-refractivity contribution in [1.29, 1.82) is 0 Å². The number of hydrogen-bond acceptors (Lipinski definition) is 6. The van der Waals surface area contributed by atoms with E-state index in [1.807, 2.05) is 0 Å². The number of nitrogens with one attached hydrogen (secondary N) is 2. The fourth-order valence-electron chi connectivity index (χ4n) is 2.97. The third-order valence-corrected chi connectivity index (χ3v) is 4.64. The van der Waals surface area contributed by atoms with Gasteiger partial charge in [-0.2, -0.15) is 0 Å². The number of unbranched alkanes of at least 4 members (excludes halogenated alkanes) is 2. The first-order valence-electron chi connectivity index (χ1n) is 10.1. The molecule has 0 bridgehead atoms. The van der Waals surface area contributed by atoms with Gasteiger partial charge < -0.3 is 15.2 Å². The number of carboxylic acid groups (broad SMARTS) is 1. The van der Waals surface area contributed by atoms with E-state index in [1.165, 1.54) is 11.9 Å². The van der Waals surface area contributed by atoms with E-state index in [9.17, 15) is 19.2 Å². The van der Waals surface area contributed by atoms with Gasteiger partial charge in [-0.05, 0) is 44.9 Å². The summed E-state index contributed by atoms with van der Waals surface area (Å²) in [4.78, 5) is 48.3. The minimum atomic E-state index is -1.03. The summed E-state index contributed by atoms with van der Waals surface area (Å²) in [7, 11) is 0. The smallest absolute Gasteiger partial charge is 0.322 e. The molecule has 9 nitrogen and oxygen atoms in total. The van der Waals surface area contributed by atoms with Crippen molar-refractivity contribution in [3.8, 4) is 0 Å². The van der Waals surface area contributed by atoms with Gasteiger partial charge in [0.05, 0.1) is 0 Å². The second kappa shape index (κ2) is 12.2. The third kappa shape index (κ3) is 8.23. The molecule has 0 aromatic heterocycles. The van der Waals surface area contributed by atoms with Crippen LogP contribution in [0.5, 0.6) is 0 Å². The van der Waals surface area contributed by atoms with E-state index in [-0.39, 0.29) is 12.3 Å². The summed E-state index contributed by atoms with van der Waals surface area (Å²) < 4.78 is 5.33. The maximum absolute atomic E-state index is 12.6. The summed E-state index contributed by atoms with van der Waals surface area (Å²) in [6, 6.07) is -1.73. The summed E-state index contributed by atoms with van der Waals surface area (Å²) in [5.41, 5.74) is 2.67. The number of aliphatic carboxylic acids is 1. The number of nitrogens with zero attached hydrogens (tertiary/aromatic N) is 1. The van der Waals surface area contributed by atoms with Crippen LogP contribution in [0.1, 0.15) is 59.3 Å². The topological polar surface area (TPSA) is 125 Å². The van der Waals surface area contributed by atoms with Crippen LogP contribution < -0.4 is 10.7 Å². The van der Waals surface area contributed by atoms with Crippen molar-refractivity contribution < 1.29 is 29.0 Å². The number of hydrazine groups is 1. The number of esters is 1. The van der Waals surface area contributed by atoms with Gasteiger partial charge in [0.25, 0.3) is 11.8 Å². The van der Waals surface area contributed by atoms with E-state index in [4.69, 9.17) is 9.84 Å². The van der Waals surface area contributed by atoms with Crippen molar-refractivity contribution in [2.75, 3.05) is 6.54 Å². The highest BCUT2D eigenvalue weighted by molar-refractivity contribution is 5.90. The van der Waals surface area contributed by atoms with Crippen LogP contribution in [0, 0.1) is 5.92 Å². The Balaban J connectivity index is 2.60. The van der Waals surface area contributed by atoms with E-state index < -0.39 is 41.9 Å². The molecule has 29 heavy (non-hydrogen) atoms. The van der Waals surface area contributed by atoms with Crippen molar-refractivity contribution in [3.63, 3.8) is 0 Å². The Morgan fingerprint density at radius 3 is 2.55 bits per heavy atom. The van der Waals surface area contributed by atoms with Crippen molar-refractivity contribution in [2.24, 2.45) is 5.92 Å². The number of carbonyl (C=O) groups is 4. The molecule has 1 saturated heterocycles. The predicted molar refractivity (Wildman–Crippen MR) is 106 cm³/mol. The minimum Gasteiger partial charge on any atom is -0.480 e. The molecule has 1 aliphatic heterocycles. The van der Waals surface area contributed by atoms with Crippen LogP contribution in [-0.4, -0.2) is 58.6 Å². The highest BCUT2D eigenvalue weighted by Gasteiger charge is 2.33. The molecule has 0 aromatic rings. The standard InChI is InChI=1S/C20H33N3O6/c1-5-6-7-8-11-16(24)29-17(13(2)3)18(25)21-14(4)19(26)23-12-9-10-15(22-23)20(27)28/h5,13-15,17,22H,1,6-12H2,2-4H3,(H,21,25)(H,27,28)/t14-,15-,17-/m0/s1. The Morgan fingerprint density at radius 2 is 1.97 bits per heavy atom. The molecule has 0 unspecified atom stereocenters. The summed E-state index contributed by atoms with van der Waals surface area (Å²) in [6.07, 6.45) is 4.26. The minimum absolute atomic E-state index is 0.215. The first kappa shape index (κ1) is 24.6. The van der Waals surface area contributed by atoms with Gasteiger partial charge in [-0.3, -0.25) is 24.2 Å². The molecule has 1 aliphatic rings. The van der Waals surface area contributed by atoms with Gasteiger partial charge in [-0.1, -0.05) is 19.9 Å². The molecule has 3 atom stereocenters.